The van der Waals surface area contributed by atoms with Gasteiger partial charge in [0.1, 0.15) is 5.76 Å². The van der Waals surface area contributed by atoms with Crippen LogP contribution in [0.5, 0.6) is 0 Å². The summed E-state index contributed by atoms with van der Waals surface area (Å²) in [7, 11) is -2.92. The van der Waals surface area contributed by atoms with Gasteiger partial charge < -0.3 is 9.30 Å². The largest absolute Gasteiger partial charge is 0.466 e. The Bertz CT molecular complexity index is 818. The molecule has 0 bridgehead atoms. The molecule has 2 fully saturated rings. The van der Waals surface area contributed by atoms with Gasteiger partial charge >= 0.3 is 0 Å². The lowest BCUT2D eigenvalue weighted by atomic mass is 9.72. The van der Waals surface area contributed by atoms with Crippen molar-refractivity contribution in [1.82, 2.24) is 0 Å². The molecule has 2 aromatic rings. The molecule has 0 unspecified atom stereocenters. The third-order valence-corrected chi connectivity index (χ3v) is 8.43. The van der Waals surface area contributed by atoms with Crippen LogP contribution in [0.1, 0.15) is 38.5 Å². The molecule has 1 heterocycles. The fraction of sp³-hybridized carbons (Fsp3) is 0.304. The molecule has 0 aromatic heterocycles. The second-order valence-corrected chi connectivity index (χ2v) is 10.1. The first-order valence-corrected chi connectivity index (χ1v) is 11.2. The summed E-state index contributed by atoms with van der Waals surface area (Å²) in [6.45, 7) is 4.08. The molecule has 0 amide bonds. The maximum Gasteiger partial charge on any atom is 0.167 e. The normalized spacial score (nSPS) is 21.1. The highest BCUT2D eigenvalue weighted by Gasteiger charge is 2.45. The van der Waals surface area contributed by atoms with Crippen molar-refractivity contribution in [3.8, 4) is 0 Å². The van der Waals surface area contributed by atoms with Crippen LogP contribution < -0.4 is 10.6 Å². The minimum Gasteiger partial charge on any atom is -0.466 e. The van der Waals surface area contributed by atoms with Crippen molar-refractivity contribution in [2.45, 2.75) is 38.5 Å². The quantitative estimate of drug-likeness (QED) is 0.651. The summed E-state index contributed by atoms with van der Waals surface area (Å²) in [6, 6.07) is 19.6. The van der Waals surface area contributed by atoms with E-state index < -0.39 is 7.14 Å². The van der Waals surface area contributed by atoms with Crippen molar-refractivity contribution in [2.24, 2.45) is 5.41 Å². The molecule has 1 aliphatic heterocycles. The van der Waals surface area contributed by atoms with Crippen molar-refractivity contribution in [3.63, 3.8) is 0 Å². The molecule has 0 atom stereocenters. The Hall–Kier alpha value is -2.05. The first-order valence-electron chi connectivity index (χ1n) is 9.42. The van der Waals surface area contributed by atoms with Crippen molar-refractivity contribution in [3.05, 3.63) is 84.6 Å². The van der Waals surface area contributed by atoms with E-state index in [-0.39, 0.29) is 5.41 Å². The number of rotatable bonds is 3. The lowest BCUT2D eigenvalue weighted by Crippen LogP contribution is -2.23. The minimum atomic E-state index is -2.92. The van der Waals surface area contributed by atoms with E-state index in [1.807, 2.05) is 66.5 Å². The van der Waals surface area contributed by atoms with Crippen LogP contribution in [-0.2, 0) is 9.30 Å². The number of hydrogen-bond donors (Lipinski definition) is 0. The summed E-state index contributed by atoms with van der Waals surface area (Å²) < 4.78 is 20.4. The monoisotopic (exact) mass is 364 g/mol. The van der Waals surface area contributed by atoms with Crippen LogP contribution in [0.4, 0.5) is 0 Å². The smallest absolute Gasteiger partial charge is 0.167 e. The molecule has 4 rings (SSSR count). The fourth-order valence-electron chi connectivity index (χ4n) is 4.34. The van der Waals surface area contributed by atoms with Gasteiger partial charge in [-0.2, -0.15) is 0 Å². The van der Waals surface area contributed by atoms with E-state index in [2.05, 4.69) is 6.58 Å². The molecule has 26 heavy (non-hydrogen) atoms. The molecule has 3 heteroatoms. The maximum atomic E-state index is 14.3. The molecule has 2 aromatic carbocycles. The minimum absolute atomic E-state index is 0.00540. The Kier molecular flexibility index (Phi) is 4.63. The molecule has 2 aliphatic rings. The van der Waals surface area contributed by atoms with Crippen LogP contribution in [0.3, 0.4) is 0 Å². The van der Waals surface area contributed by atoms with Gasteiger partial charge in [0, 0.05) is 28.3 Å². The van der Waals surface area contributed by atoms with E-state index >= 15 is 0 Å². The van der Waals surface area contributed by atoms with Crippen LogP contribution in [0, 0.1) is 5.41 Å². The fourth-order valence-corrected chi connectivity index (χ4v) is 6.82. The molecular formula is C23H25O2P. The second kappa shape index (κ2) is 6.93. The van der Waals surface area contributed by atoms with Gasteiger partial charge in [0.05, 0.1) is 5.76 Å². The molecule has 134 valence electrons. The van der Waals surface area contributed by atoms with Crippen LogP contribution in [-0.4, -0.2) is 0 Å². The number of ether oxygens (including phenoxy) is 1. The summed E-state index contributed by atoms with van der Waals surface area (Å²) in [5, 5.41) is 1.71. The van der Waals surface area contributed by atoms with E-state index in [1.54, 1.807) is 0 Å². The van der Waals surface area contributed by atoms with Gasteiger partial charge in [-0.25, -0.2) is 0 Å². The van der Waals surface area contributed by atoms with Gasteiger partial charge in [-0.15, -0.1) is 0 Å². The summed E-state index contributed by atoms with van der Waals surface area (Å²) in [6.07, 6.45) is 6.74. The van der Waals surface area contributed by atoms with Crippen LogP contribution in [0.15, 0.2) is 84.6 Å². The lowest BCUT2D eigenvalue weighted by Gasteiger charge is -2.32. The second-order valence-electron chi connectivity index (χ2n) is 7.48. The Balaban J connectivity index is 1.86. The van der Waals surface area contributed by atoms with Crippen molar-refractivity contribution >= 4 is 17.8 Å². The first kappa shape index (κ1) is 17.4. The summed E-state index contributed by atoms with van der Waals surface area (Å²) in [5.74, 6) is 3.64. The average molecular weight is 364 g/mol. The van der Waals surface area contributed by atoms with Crippen LogP contribution >= 0.6 is 7.14 Å². The number of benzene rings is 2. The van der Waals surface area contributed by atoms with Crippen LogP contribution in [0.2, 0.25) is 0 Å². The standard InChI is InChI=1S/C23H25O2P/c1-19-17-23(15-9-4-10-16-23)22(25-19)18-26(24,20-11-5-2-6-12-20)21-13-7-3-8-14-21/h2-3,5-8,11-14,18H,1,4,9-10,15-17H2/b22-18-. The summed E-state index contributed by atoms with van der Waals surface area (Å²) in [5.41, 5.74) is -0.00540. The molecule has 2 nitrogen and oxygen atoms in total. The highest BCUT2D eigenvalue weighted by atomic mass is 31.2. The van der Waals surface area contributed by atoms with Gasteiger partial charge in [0.2, 0.25) is 0 Å². The Morgan fingerprint density at radius 1 is 0.885 bits per heavy atom. The lowest BCUT2D eigenvalue weighted by molar-refractivity contribution is 0.213. The van der Waals surface area contributed by atoms with Crippen molar-refractivity contribution in [2.75, 3.05) is 0 Å². The molecule has 1 saturated carbocycles. The highest BCUT2D eigenvalue weighted by Crippen LogP contribution is 2.57. The van der Waals surface area contributed by atoms with Gasteiger partial charge in [0.25, 0.3) is 0 Å². The number of allylic oxidation sites excluding steroid dienone is 2. The number of hydrogen-bond acceptors (Lipinski definition) is 2. The highest BCUT2D eigenvalue weighted by molar-refractivity contribution is 7.81. The van der Waals surface area contributed by atoms with E-state index in [0.717, 1.165) is 41.4 Å². The SMILES string of the molecule is C=C1CC2(CCCCC2)/C(=C/P(=O)(c2ccccc2)c2ccccc2)O1. The van der Waals surface area contributed by atoms with Crippen molar-refractivity contribution in [1.29, 1.82) is 0 Å². The zero-order valence-electron chi connectivity index (χ0n) is 15.1. The van der Waals surface area contributed by atoms with Gasteiger partial charge in [-0.05, 0) is 12.8 Å². The Labute approximate surface area is 156 Å². The van der Waals surface area contributed by atoms with Crippen molar-refractivity contribution < 1.29 is 9.30 Å². The molecular weight excluding hydrogens is 339 g/mol. The van der Waals surface area contributed by atoms with E-state index in [1.165, 1.54) is 19.3 Å². The molecule has 1 saturated heterocycles. The van der Waals surface area contributed by atoms with Gasteiger partial charge in [-0.1, -0.05) is 86.5 Å². The third kappa shape index (κ3) is 3.08. The third-order valence-electron chi connectivity index (χ3n) is 5.70. The Morgan fingerprint density at radius 2 is 1.42 bits per heavy atom. The average Bonchev–Trinajstić information content (AvgIpc) is 2.97. The predicted octanol–water partition coefficient (Wildman–Crippen LogP) is 5.73. The zero-order valence-corrected chi connectivity index (χ0v) is 16.0. The maximum absolute atomic E-state index is 14.3. The van der Waals surface area contributed by atoms with E-state index in [4.69, 9.17) is 4.74 Å². The Morgan fingerprint density at radius 3 is 1.96 bits per heavy atom. The summed E-state index contributed by atoms with van der Waals surface area (Å²) in [4.78, 5) is 0. The van der Waals surface area contributed by atoms with E-state index in [0.29, 0.717) is 0 Å². The first-order chi connectivity index (χ1) is 12.6. The van der Waals surface area contributed by atoms with E-state index in [9.17, 15) is 4.57 Å². The molecule has 1 spiro atoms. The van der Waals surface area contributed by atoms with Gasteiger partial charge in [0.15, 0.2) is 7.14 Å². The zero-order chi connectivity index (χ0) is 18.0. The van der Waals surface area contributed by atoms with Crippen LogP contribution in [0.25, 0.3) is 0 Å². The molecule has 1 aliphatic carbocycles. The summed E-state index contributed by atoms with van der Waals surface area (Å²) >= 11 is 0. The molecule has 0 N–H and O–H groups in total. The molecule has 0 radical (unpaired) electrons. The predicted molar refractivity (Wildman–Crippen MR) is 108 cm³/mol. The topological polar surface area (TPSA) is 26.3 Å². The van der Waals surface area contributed by atoms with Gasteiger partial charge in [-0.3, -0.25) is 0 Å².